The minimum Gasteiger partial charge on any atom is -0.394 e. The third-order valence-electron chi connectivity index (χ3n) is 2.70. The van der Waals surface area contributed by atoms with Crippen molar-refractivity contribution in [2.75, 3.05) is 11.9 Å². The molecule has 2 aromatic rings. The lowest BCUT2D eigenvalue weighted by molar-refractivity contribution is 0.269. The van der Waals surface area contributed by atoms with Crippen LogP contribution in [0.25, 0.3) is 0 Å². The van der Waals surface area contributed by atoms with Gasteiger partial charge >= 0.3 is 0 Å². The molecule has 0 saturated heterocycles. The zero-order chi connectivity index (χ0) is 13.0. The molecular formula is C13H16FN3O. The van der Waals surface area contributed by atoms with E-state index in [9.17, 15) is 4.39 Å². The molecule has 96 valence electrons. The molecule has 0 atom stereocenters. The second-order valence-corrected chi connectivity index (χ2v) is 4.15. The molecule has 0 bridgehead atoms. The van der Waals surface area contributed by atoms with Crippen LogP contribution in [-0.4, -0.2) is 21.5 Å². The summed E-state index contributed by atoms with van der Waals surface area (Å²) in [4.78, 5) is 0. The summed E-state index contributed by atoms with van der Waals surface area (Å²) in [6.45, 7) is 3.06. The maximum Gasteiger partial charge on any atom is 0.125 e. The third kappa shape index (κ3) is 3.07. The van der Waals surface area contributed by atoms with E-state index in [1.807, 2.05) is 13.1 Å². The number of hydrogen-bond acceptors (Lipinski definition) is 3. The molecule has 0 unspecified atom stereocenters. The predicted octanol–water partition coefficient (Wildman–Crippen LogP) is 1.94. The number of anilines is 1. The first-order valence-electron chi connectivity index (χ1n) is 5.81. The van der Waals surface area contributed by atoms with E-state index in [0.717, 1.165) is 16.8 Å². The van der Waals surface area contributed by atoms with Gasteiger partial charge in [0, 0.05) is 24.0 Å². The van der Waals surface area contributed by atoms with Gasteiger partial charge in [-0.2, -0.15) is 5.10 Å². The zero-order valence-electron chi connectivity index (χ0n) is 10.2. The molecule has 2 rings (SSSR count). The summed E-state index contributed by atoms with van der Waals surface area (Å²) in [5.41, 5.74) is 2.77. The van der Waals surface area contributed by atoms with E-state index in [1.54, 1.807) is 16.9 Å². The second kappa shape index (κ2) is 5.64. The standard InChI is InChI=1S/C13H16FN3O/c1-10-2-3-12(14)6-13(10)15-7-11-8-16-17(9-11)4-5-18/h2-3,6,8-9,15,18H,4-5,7H2,1H3. The van der Waals surface area contributed by atoms with E-state index in [1.165, 1.54) is 12.1 Å². The summed E-state index contributed by atoms with van der Waals surface area (Å²) in [5, 5.41) is 16.1. The van der Waals surface area contributed by atoms with E-state index < -0.39 is 0 Å². The number of aromatic nitrogens is 2. The minimum absolute atomic E-state index is 0.0670. The van der Waals surface area contributed by atoms with E-state index >= 15 is 0 Å². The monoisotopic (exact) mass is 249 g/mol. The molecule has 1 aromatic carbocycles. The highest BCUT2D eigenvalue weighted by molar-refractivity contribution is 5.50. The van der Waals surface area contributed by atoms with Crippen LogP contribution in [0.2, 0.25) is 0 Å². The lowest BCUT2D eigenvalue weighted by Gasteiger charge is -2.08. The van der Waals surface area contributed by atoms with Crippen LogP contribution < -0.4 is 5.32 Å². The van der Waals surface area contributed by atoms with Crippen LogP contribution in [-0.2, 0) is 13.1 Å². The fourth-order valence-electron chi connectivity index (χ4n) is 1.70. The van der Waals surface area contributed by atoms with Crippen molar-refractivity contribution < 1.29 is 9.50 Å². The van der Waals surface area contributed by atoms with Crippen molar-refractivity contribution in [2.45, 2.75) is 20.0 Å². The molecule has 0 aliphatic heterocycles. The Balaban J connectivity index is 1.99. The first-order valence-corrected chi connectivity index (χ1v) is 5.81. The number of nitrogens with one attached hydrogen (secondary N) is 1. The Hall–Kier alpha value is -1.88. The first-order chi connectivity index (χ1) is 8.69. The fraction of sp³-hybridized carbons (Fsp3) is 0.308. The highest BCUT2D eigenvalue weighted by atomic mass is 19.1. The summed E-state index contributed by atoms with van der Waals surface area (Å²) in [5.74, 6) is -0.251. The molecular weight excluding hydrogens is 233 g/mol. The van der Waals surface area contributed by atoms with Crippen molar-refractivity contribution in [1.29, 1.82) is 0 Å². The smallest absolute Gasteiger partial charge is 0.125 e. The Morgan fingerprint density at radius 1 is 1.44 bits per heavy atom. The number of hydrogen-bond donors (Lipinski definition) is 2. The summed E-state index contributed by atoms with van der Waals surface area (Å²) in [7, 11) is 0. The van der Waals surface area contributed by atoms with E-state index in [4.69, 9.17) is 5.11 Å². The normalized spacial score (nSPS) is 10.6. The Morgan fingerprint density at radius 2 is 2.28 bits per heavy atom. The van der Waals surface area contributed by atoms with Gasteiger partial charge in [-0.25, -0.2) is 4.39 Å². The van der Waals surface area contributed by atoms with Gasteiger partial charge in [-0.05, 0) is 24.6 Å². The van der Waals surface area contributed by atoms with Crippen LogP contribution in [0.5, 0.6) is 0 Å². The van der Waals surface area contributed by atoms with Gasteiger partial charge in [0.25, 0.3) is 0 Å². The van der Waals surface area contributed by atoms with Gasteiger partial charge in [0.1, 0.15) is 5.82 Å². The highest BCUT2D eigenvalue weighted by Crippen LogP contribution is 2.16. The molecule has 0 aliphatic carbocycles. The van der Waals surface area contributed by atoms with Crippen molar-refractivity contribution in [3.05, 3.63) is 47.5 Å². The van der Waals surface area contributed by atoms with Gasteiger partial charge in [-0.1, -0.05) is 6.07 Å². The van der Waals surface area contributed by atoms with Gasteiger partial charge < -0.3 is 10.4 Å². The van der Waals surface area contributed by atoms with Crippen LogP contribution in [0.1, 0.15) is 11.1 Å². The number of halogens is 1. The average molecular weight is 249 g/mol. The second-order valence-electron chi connectivity index (χ2n) is 4.15. The van der Waals surface area contributed by atoms with Crippen LogP contribution in [0.3, 0.4) is 0 Å². The number of nitrogens with zero attached hydrogens (tertiary/aromatic N) is 2. The Bertz CT molecular complexity index is 525. The molecule has 0 fully saturated rings. The Morgan fingerprint density at radius 3 is 3.06 bits per heavy atom. The van der Waals surface area contributed by atoms with Gasteiger partial charge in [0.15, 0.2) is 0 Å². The molecule has 0 saturated carbocycles. The van der Waals surface area contributed by atoms with Gasteiger partial charge in [0.2, 0.25) is 0 Å². The molecule has 0 aliphatic rings. The minimum atomic E-state index is -0.251. The molecule has 2 N–H and O–H groups in total. The molecule has 0 amide bonds. The SMILES string of the molecule is Cc1ccc(F)cc1NCc1cnn(CCO)c1. The van der Waals surface area contributed by atoms with Crippen molar-refractivity contribution in [3.8, 4) is 0 Å². The Labute approximate surface area is 105 Å². The molecule has 18 heavy (non-hydrogen) atoms. The van der Waals surface area contributed by atoms with Crippen molar-refractivity contribution in [1.82, 2.24) is 9.78 Å². The van der Waals surface area contributed by atoms with Crippen LogP contribution in [0, 0.1) is 12.7 Å². The van der Waals surface area contributed by atoms with Crippen molar-refractivity contribution in [3.63, 3.8) is 0 Å². The summed E-state index contributed by atoms with van der Waals surface area (Å²) in [6.07, 6.45) is 3.59. The third-order valence-corrected chi connectivity index (χ3v) is 2.70. The predicted molar refractivity (Wildman–Crippen MR) is 67.8 cm³/mol. The van der Waals surface area contributed by atoms with E-state index in [2.05, 4.69) is 10.4 Å². The maximum atomic E-state index is 13.1. The molecule has 0 radical (unpaired) electrons. The summed E-state index contributed by atoms with van der Waals surface area (Å²) >= 11 is 0. The van der Waals surface area contributed by atoms with Crippen LogP contribution in [0.4, 0.5) is 10.1 Å². The number of aliphatic hydroxyl groups is 1. The number of rotatable bonds is 5. The van der Waals surface area contributed by atoms with Gasteiger partial charge in [0.05, 0.1) is 19.3 Å². The molecule has 1 heterocycles. The lowest BCUT2D eigenvalue weighted by atomic mass is 10.2. The van der Waals surface area contributed by atoms with Crippen LogP contribution >= 0.6 is 0 Å². The molecule has 1 aromatic heterocycles. The topological polar surface area (TPSA) is 50.1 Å². The van der Waals surface area contributed by atoms with E-state index in [-0.39, 0.29) is 12.4 Å². The number of benzene rings is 1. The van der Waals surface area contributed by atoms with Crippen molar-refractivity contribution in [2.24, 2.45) is 0 Å². The number of aliphatic hydroxyl groups excluding tert-OH is 1. The summed E-state index contributed by atoms with van der Waals surface area (Å²) < 4.78 is 14.8. The largest absolute Gasteiger partial charge is 0.394 e. The fourth-order valence-corrected chi connectivity index (χ4v) is 1.70. The lowest BCUT2D eigenvalue weighted by Crippen LogP contribution is -2.03. The van der Waals surface area contributed by atoms with E-state index in [0.29, 0.717) is 13.1 Å². The molecule has 4 nitrogen and oxygen atoms in total. The van der Waals surface area contributed by atoms with Crippen molar-refractivity contribution >= 4 is 5.69 Å². The van der Waals surface area contributed by atoms with Crippen LogP contribution in [0.15, 0.2) is 30.6 Å². The average Bonchev–Trinajstić information content (AvgIpc) is 2.79. The Kier molecular flexibility index (Phi) is 3.94. The summed E-state index contributed by atoms with van der Waals surface area (Å²) in [6, 6.07) is 4.67. The zero-order valence-corrected chi connectivity index (χ0v) is 10.2. The number of aryl methyl sites for hydroxylation is 1. The molecule has 5 heteroatoms. The maximum absolute atomic E-state index is 13.1. The quantitative estimate of drug-likeness (QED) is 0.851. The molecule has 0 spiro atoms. The first kappa shape index (κ1) is 12.6. The highest BCUT2D eigenvalue weighted by Gasteiger charge is 2.02. The van der Waals surface area contributed by atoms with Gasteiger partial charge in [-0.15, -0.1) is 0 Å². The van der Waals surface area contributed by atoms with Gasteiger partial charge in [-0.3, -0.25) is 4.68 Å².